The minimum absolute atomic E-state index is 0.00397. The van der Waals surface area contributed by atoms with E-state index in [1.165, 1.54) is 22.5 Å². The van der Waals surface area contributed by atoms with Gasteiger partial charge < -0.3 is 5.32 Å². The van der Waals surface area contributed by atoms with E-state index in [0.717, 1.165) is 48.7 Å². The number of hydrogen-bond acceptors (Lipinski definition) is 6. The molecule has 0 aliphatic carbocycles. The van der Waals surface area contributed by atoms with E-state index >= 15 is 0 Å². The van der Waals surface area contributed by atoms with Crippen LogP contribution in [0.2, 0.25) is 5.02 Å². The Hall–Kier alpha value is -2.12. The second kappa shape index (κ2) is 10.7. The van der Waals surface area contributed by atoms with E-state index in [1.54, 1.807) is 0 Å². The average Bonchev–Trinajstić information content (AvgIpc) is 3.03. The normalized spacial score (nSPS) is 15.1. The maximum absolute atomic E-state index is 13.1. The number of nitrogens with one attached hydrogen (secondary N) is 1. The number of nitriles is 1. The van der Waals surface area contributed by atoms with Gasteiger partial charge in [0.1, 0.15) is 11.1 Å². The SMILES string of the molecule is Cc1cc(C)c(C#N)c(SCC(=O)Nc2cc(S(=O)(=O)N3CCCCCC3)ccc2Cl)n1. The summed E-state index contributed by atoms with van der Waals surface area (Å²) in [5.41, 5.74) is 2.25. The van der Waals surface area contributed by atoms with Crippen LogP contribution in [0.3, 0.4) is 0 Å². The largest absolute Gasteiger partial charge is 0.324 e. The van der Waals surface area contributed by atoms with Crippen LogP contribution in [0.1, 0.15) is 42.5 Å². The van der Waals surface area contributed by atoms with Gasteiger partial charge in [0, 0.05) is 18.8 Å². The number of thioether (sulfide) groups is 1. The molecule has 1 aliphatic heterocycles. The average molecular weight is 493 g/mol. The molecule has 0 bridgehead atoms. The summed E-state index contributed by atoms with van der Waals surface area (Å²) in [5, 5.41) is 12.8. The first-order valence-corrected chi connectivity index (χ1v) is 13.1. The highest BCUT2D eigenvalue weighted by atomic mass is 35.5. The zero-order chi connectivity index (χ0) is 23.3. The second-order valence-corrected chi connectivity index (χ2v) is 11.0. The van der Waals surface area contributed by atoms with Crippen molar-refractivity contribution < 1.29 is 13.2 Å². The van der Waals surface area contributed by atoms with Gasteiger partial charge in [0.25, 0.3) is 0 Å². The number of sulfonamides is 1. The van der Waals surface area contributed by atoms with Crippen LogP contribution in [-0.4, -0.2) is 42.5 Å². The van der Waals surface area contributed by atoms with Crippen molar-refractivity contribution in [1.29, 1.82) is 5.26 Å². The van der Waals surface area contributed by atoms with Crippen LogP contribution in [0.5, 0.6) is 0 Å². The number of nitrogens with zero attached hydrogens (tertiary/aromatic N) is 3. The molecular weight excluding hydrogens is 468 g/mol. The van der Waals surface area contributed by atoms with Gasteiger partial charge in [-0.25, -0.2) is 13.4 Å². The van der Waals surface area contributed by atoms with Crippen LogP contribution in [0.4, 0.5) is 5.69 Å². The Morgan fingerprint density at radius 2 is 1.91 bits per heavy atom. The van der Waals surface area contributed by atoms with E-state index in [4.69, 9.17) is 11.6 Å². The summed E-state index contributed by atoms with van der Waals surface area (Å²) in [4.78, 5) is 17.0. The van der Waals surface area contributed by atoms with Gasteiger partial charge in [-0.05, 0) is 56.5 Å². The van der Waals surface area contributed by atoms with Gasteiger partial charge in [0.2, 0.25) is 15.9 Å². The van der Waals surface area contributed by atoms with E-state index in [-0.39, 0.29) is 27.3 Å². The highest BCUT2D eigenvalue weighted by molar-refractivity contribution is 8.00. The van der Waals surface area contributed by atoms with Crippen LogP contribution < -0.4 is 5.32 Å². The van der Waals surface area contributed by atoms with E-state index in [2.05, 4.69) is 16.4 Å². The predicted octanol–water partition coefficient (Wildman–Crippen LogP) is 4.52. The molecule has 1 aromatic heterocycles. The molecule has 1 amide bonds. The number of carbonyl (C=O) groups excluding carboxylic acids is 1. The van der Waals surface area contributed by atoms with E-state index in [9.17, 15) is 18.5 Å². The van der Waals surface area contributed by atoms with Gasteiger partial charge in [-0.1, -0.05) is 36.2 Å². The summed E-state index contributed by atoms with van der Waals surface area (Å²) in [6.07, 6.45) is 3.72. The molecule has 0 spiro atoms. The molecule has 0 radical (unpaired) electrons. The summed E-state index contributed by atoms with van der Waals surface area (Å²) in [6, 6.07) is 8.29. The van der Waals surface area contributed by atoms with Gasteiger partial charge in [-0.2, -0.15) is 9.57 Å². The smallest absolute Gasteiger partial charge is 0.243 e. The van der Waals surface area contributed by atoms with Gasteiger partial charge in [-0.3, -0.25) is 4.79 Å². The van der Waals surface area contributed by atoms with Crippen LogP contribution >= 0.6 is 23.4 Å². The third-order valence-electron chi connectivity index (χ3n) is 5.18. The first kappa shape index (κ1) is 24.5. The monoisotopic (exact) mass is 492 g/mol. The van der Waals surface area contributed by atoms with Gasteiger partial charge in [-0.15, -0.1) is 0 Å². The van der Waals surface area contributed by atoms with Crippen LogP contribution in [0.15, 0.2) is 34.2 Å². The van der Waals surface area contributed by atoms with E-state index in [1.807, 2.05) is 19.9 Å². The summed E-state index contributed by atoms with van der Waals surface area (Å²) >= 11 is 7.38. The Kier molecular flexibility index (Phi) is 8.17. The third kappa shape index (κ3) is 5.81. The number of pyridine rings is 1. The second-order valence-electron chi connectivity index (χ2n) is 7.67. The highest BCUT2D eigenvalue weighted by Crippen LogP contribution is 2.29. The fraction of sp³-hybridized carbons (Fsp3) is 0.409. The number of halogens is 1. The van der Waals surface area contributed by atoms with Crippen molar-refractivity contribution in [1.82, 2.24) is 9.29 Å². The maximum Gasteiger partial charge on any atom is 0.243 e. The lowest BCUT2D eigenvalue weighted by Gasteiger charge is -2.20. The quantitative estimate of drug-likeness (QED) is 0.594. The molecule has 1 fully saturated rings. The molecule has 10 heteroatoms. The van der Waals surface area contributed by atoms with Crippen LogP contribution in [0, 0.1) is 25.2 Å². The predicted molar refractivity (Wildman–Crippen MR) is 126 cm³/mol. The maximum atomic E-state index is 13.1. The molecular formula is C22H25ClN4O3S2. The summed E-state index contributed by atoms with van der Waals surface area (Å²) in [7, 11) is -3.66. The number of aromatic nitrogens is 1. The zero-order valence-electron chi connectivity index (χ0n) is 18.0. The number of hydrogen-bond donors (Lipinski definition) is 1. The minimum atomic E-state index is -3.66. The van der Waals surface area contributed by atoms with Crippen molar-refractivity contribution in [2.24, 2.45) is 0 Å². The highest BCUT2D eigenvalue weighted by Gasteiger charge is 2.26. The lowest BCUT2D eigenvalue weighted by Crippen LogP contribution is -2.32. The lowest BCUT2D eigenvalue weighted by molar-refractivity contribution is -0.113. The Labute approximate surface area is 198 Å². The van der Waals surface area contributed by atoms with Gasteiger partial charge >= 0.3 is 0 Å². The Morgan fingerprint density at radius 1 is 1.22 bits per heavy atom. The van der Waals surface area contributed by atoms with E-state index < -0.39 is 10.0 Å². The third-order valence-corrected chi connectivity index (χ3v) is 8.38. The molecule has 1 aromatic carbocycles. The Balaban J connectivity index is 1.74. The molecule has 1 N–H and O–H groups in total. The molecule has 2 heterocycles. The molecule has 1 saturated heterocycles. The van der Waals surface area contributed by atoms with Crippen molar-refractivity contribution in [3.8, 4) is 6.07 Å². The molecule has 170 valence electrons. The molecule has 32 heavy (non-hydrogen) atoms. The van der Waals surface area contributed by atoms with Gasteiger partial charge in [0.15, 0.2) is 0 Å². The van der Waals surface area contributed by atoms with Crippen molar-refractivity contribution in [2.45, 2.75) is 49.5 Å². The minimum Gasteiger partial charge on any atom is -0.324 e. The number of anilines is 1. The molecule has 2 aromatic rings. The number of amides is 1. The molecule has 1 aliphatic rings. The topological polar surface area (TPSA) is 103 Å². The molecule has 0 saturated carbocycles. The van der Waals surface area contributed by atoms with E-state index in [0.29, 0.717) is 23.7 Å². The molecule has 0 atom stereocenters. The fourth-order valence-electron chi connectivity index (χ4n) is 3.55. The number of aryl methyl sites for hydroxylation is 2. The number of benzene rings is 1. The van der Waals surface area contributed by atoms with Crippen molar-refractivity contribution in [3.05, 3.63) is 46.1 Å². The molecule has 3 rings (SSSR count). The lowest BCUT2D eigenvalue weighted by atomic mass is 10.1. The first-order chi connectivity index (χ1) is 15.2. The summed E-state index contributed by atoms with van der Waals surface area (Å²) in [6.45, 7) is 4.64. The molecule has 7 nitrogen and oxygen atoms in total. The Morgan fingerprint density at radius 3 is 2.56 bits per heavy atom. The summed E-state index contributed by atoms with van der Waals surface area (Å²) < 4.78 is 27.6. The zero-order valence-corrected chi connectivity index (χ0v) is 20.4. The number of carbonyl (C=O) groups is 1. The Bertz CT molecular complexity index is 1150. The summed E-state index contributed by atoms with van der Waals surface area (Å²) in [5.74, 6) is -0.365. The fourth-order valence-corrected chi connectivity index (χ4v) is 6.16. The van der Waals surface area contributed by atoms with Crippen molar-refractivity contribution >= 4 is 45.0 Å². The first-order valence-electron chi connectivity index (χ1n) is 10.3. The number of rotatable bonds is 6. The van der Waals surface area contributed by atoms with Crippen LogP contribution in [0.25, 0.3) is 0 Å². The molecule has 0 unspecified atom stereocenters. The van der Waals surface area contributed by atoms with Gasteiger partial charge in [0.05, 0.1) is 26.9 Å². The van der Waals surface area contributed by atoms with Crippen LogP contribution in [-0.2, 0) is 14.8 Å². The van der Waals surface area contributed by atoms with Crippen molar-refractivity contribution in [2.75, 3.05) is 24.2 Å². The van der Waals surface area contributed by atoms with Crippen molar-refractivity contribution in [3.63, 3.8) is 0 Å². The standard InChI is InChI=1S/C22H25ClN4O3S2/c1-15-11-16(2)25-22(18(15)13-24)31-14-21(28)26-20-12-17(7-8-19(20)23)32(29,30)27-9-5-3-4-6-10-27/h7-8,11-12H,3-6,9-10,14H2,1-2H3,(H,26,28).